The van der Waals surface area contributed by atoms with Gasteiger partial charge in [0.05, 0.1) is 5.69 Å². The number of aliphatic imine (C=N–C) groups is 1. The van der Waals surface area contributed by atoms with Crippen LogP contribution < -0.4 is 5.32 Å². The lowest BCUT2D eigenvalue weighted by Crippen LogP contribution is -2.53. The number of rotatable bonds is 4. The molecule has 25 heavy (non-hydrogen) atoms. The Balaban J connectivity index is 0.00000225. The highest BCUT2D eigenvalue weighted by Gasteiger charge is 2.38. The highest BCUT2D eigenvalue weighted by molar-refractivity contribution is 14.0. The Hall–Kier alpha value is -0.440. The molecular formula is C18H31IN4OS. The van der Waals surface area contributed by atoms with Crippen molar-refractivity contribution >= 4 is 41.7 Å². The molecular weight excluding hydrogens is 447 g/mol. The predicted molar refractivity (Wildman–Crippen MR) is 116 cm³/mol. The molecule has 0 unspecified atom stereocenters. The fraction of sp³-hybridized carbons (Fsp3) is 0.778. The number of halogens is 1. The average molecular weight is 478 g/mol. The Morgan fingerprint density at radius 2 is 2.16 bits per heavy atom. The summed E-state index contributed by atoms with van der Waals surface area (Å²) in [5.74, 6) is 3.07. The molecule has 3 rings (SSSR count). The molecule has 2 fully saturated rings. The number of hydrogen-bond donors (Lipinski definition) is 1. The second-order valence-electron chi connectivity index (χ2n) is 6.82. The molecule has 1 aliphatic heterocycles. The zero-order valence-corrected chi connectivity index (χ0v) is 18.6. The van der Waals surface area contributed by atoms with Crippen LogP contribution in [0.15, 0.2) is 15.6 Å². The SMILES string of the molecule is CCNC(=NCc1cc(CC)no1)N1CCSC2(CCCCC2)C1.I. The topological polar surface area (TPSA) is 53.7 Å². The van der Waals surface area contributed by atoms with Crippen molar-refractivity contribution in [2.45, 2.75) is 63.7 Å². The summed E-state index contributed by atoms with van der Waals surface area (Å²) in [5, 5.41) is 7.53. The molecule has 1 aromatic heterocycles. The highest BCUT2D eigenvalue weighted by atomic mass is 127. The van der Waals surface area contributed by atoms with Gasteiger partial charge in [0.15, 0.2) is 11.7 Å². The number of aryl methyl sites for hydroxylation is 1. The Morgan fingerprint density at radius 1 is 1.36 bits per heavy atom. The van der Waals surface area contributed by atoms with Gasteiger partial charge in [0.1, 0.15) is 6.54 Å². The van der Waals surface area contributed by atoms with Gasteiger partial charge in [0.25, 0.3) is 0 Å². The van der Waals surface area contributed by atoms with E-state index in [1.165, 1.54) is 37.9 Å². The molecule has 1 saturated heterocycles. The molecule has 0 aromatic carbocycles. The maximum atomic E-state index is 5.37. The van der Waals surface area contributed by atoms with Gasteiger partial charge in [-0.25, -0.2) is 4.99 Å². The van der Waals surface area contributed by atoms with Crippen LogP contribution in [0.25, 0.3) is 0 Å². The quantitative estimate of drug-likeness (QED) is 0.402. The van der Waals surface area contributed by atoms with E-state index in [1.807, 2.05) is 6.07 Å². The van der Waals surface area contributed by atoms with Crippen LogP contribution >= 0.6 is 35.7 Å². The van der Waals surface area contributed by atoms with Gasteiger partial charge in [-0.1, -0.05) is 31.3 Å². The highest BCUT2D eigenvalue weighted by Crippen LogP contribution is 2.42. The molecule has 0 amide bonds. The molecule has 1 spiro atoms. The molecule has 142 valence electrons. The first-order chi connectivity index (χ1) is 11.7. The van der Waals surface area contributed by atoms with Gasteiger partial charge in [0, 0.05) is 36.2 Å². The molecule has 1 N–H and O–H groups in total. The van der Waals surface area contributed by atoms with Crippen LogP contribution in [0.4, 0.5) is 0 Å². The number of aromatic nitrogens is 1. The van der Waals surface area contributed by atoms with E-state index in [2.05, 4.69) is 41.0 Å². The third-order valence-corrected chi connectivity index (χ3v) is 6.54. The van der Waals surface area contributed by atoms with Crippen molar-refractivity contribution < 1.29 is 4.52 Å². The first kappa shape index (κ1) is 20.9. The summed E-state index contributed by atoms with van der Waals surface area (Å²) in [6, 6.07) is 2.02. The Kier molecular flexibility index (Phi) is 8.38. The maximum absolute atomic E-state index is 5.37. The van der Waals surface area contributed by atoms with E-state index in [4.69, 9.17) is 9.52 Å². The number of nitrogens with zero attached hydrogens (tertiary/aromatic N) is 3. The van der Waals surface area contributed by atoms with E-state index in [1.54, 1.807) is 0 Å². The Labute approximate surface area is 172 Å². The second-order valence-corrected chi connectivity index (χ2v) is 8.38. The molecule has 1 aromatic rings. The number of nitrogens with one attached hydrogen (secondary N) is 1. The van der Waals surface area contributed by atoms with Crippen LogP contribution in [-0.2, 0) is 13.0 Å². The number of hydrogen-bond acceptors (Lipinski definition) is 4. The molecule has 0 bridgehead atoms. The van der Waals surface area contributed by atoms with Gasteiger partial charge in [-0.05, 0) is 26.2 Å². The lowest BCUT2D eigenvalue weighted by Gasteiger charge is -2.45. The van der Waals surface area contributed by atoms with Crippen LogP contribution in [0.5, 0.6) is 0 Å². The fourth-order valence-electron chi connectivity index (χ4n) is 3.70. The third kappa shape index (κ3) is 5.52. The van der Waals surface area contributed by atoms with Crippen molar-refractivity contribution in [2.75, 3.05) is 25.4 Å². The summed E-state index contributed by atoms with van der Waals surface area (Å²) in [7, 11) is 0. The predicted octanol–water partition coefficient (Wildman–Crippen LogP) is 4.07. The monoisotopic (exact) mass is 478 g/mol. The van der Waals surface area contributed by atoms with E-state index in [0.717, 1.165) is 43.5 Å². The summed E-state index contributed by atoms with van der Waals surface area (Å²) < 4.78 is 5.83. The Morgan fingerprint density at radius 3 is 2.84 bits per heavy atom. The normalized spacial score (nSPS) is 20.4. The van der Waals surface area contributed by atoms with Crippen LogP contribution in [0.2, 0.25) is 0 Å². The van der Waals surface area contributed by atoms with E-state index in [-0.39, 0.29) is 24.0 Å². The molecule has 0 atom stereocenters. The lowest BCUT2D eigenvalue weighted by atomic mass is 9.87. The van der Waals surface area contributed by atoms with E-state index < -0.39 is 0 Å². The summed E-state index contributed by atoms with van der Waals surface area (Å²) in [6.45, 7) is 7.88. The summed E-state index contributed by atoms with van der Waals surface area (Å²) in [5.41, 5.74) is 1.00. The Bertz CT molecular complexity index is 552. The minimum atomic E-state index is 0. The van der Waals surface area contributed by atoms with Crippen molar-refractivity contribution in [3.05, 3.63) is 17.5 Å². The minimum absolute atomic E-state index is 0. The molecule has 2 heterocycles. The fourth-order valence-corrected chi connectivity index (χ4v) is 5.27. The van der Waals surface area contributed by atoms with Crippen LogP contribution in [0, 0.1) is 0 Å². The third-order valence-electron chi connectivity index (χ3n) is 5.00. The van der Waals surface area contributed by atoms with Crippen molar-refractivity contribution in [2.24, 2.45) is 4.99 Å². The second kappa shape index (κ2) is 10.0. The van der Waals surface area contributed by atoms with Gasteiger partial charge in [-0.15, -0.1) is 24.0 Å². The molecule has 1 aliphatic carbocycles. The van der Waals surface area contributed by atoms with Crippen LogP contribution in [0.1, 0.15) is 57.4 Å². The van der Waals surface area contributed by atoms with Gasteiger partial charge in [0.2, 0.25) is 0 Å². The number of guanidine groups is 1. The zero-order chi connectivity index (χ0) is 16.8. The molecule has 2 aliphatic rings. The lowest BCUT2D eigenvalue weighted by molar-refractivity contribution is 0.292. The van der Waals surface area contributed by atoms with Gasteiger partial charge < -0.3 is 14.7 Å². The summed E-state index contributed by atoms with van der Waals surface area (Å²) in [6.07, 6.45) is 7.78. The van der Waals surface area contributed by atoms with E-state index in [0.29, 0.717) is 11.3 Å². The van der Waals surface area contributed by atoms with Crippen molar-refractivity contribution in [1.29, 1.82) is 0 Å². The van der Waals surface area contributed by atoms with Gasteiger partial charge in [-0.2, -0.15) is 11.8 Å². The summed E-state index contributed by atoms with van der Waals surface area (Å²) >= 11 is 2.19. The van der Waals surface area contributed by atoms with Crippen molar-refractivity contribution in [3.8, 4) is 0 Å². The van der Waals surface area contributed by atoms with E-state index in [9.17, 15) is 0 Å². The largest absolute Gasteiger partial charge is 0.359 e. The van der Waals surface area contributed by atoms with Gasteiger partial charge >= 0.3 is 0 Å². The van der Waals surface area contributed by atoms with Crippen LogP contribution in [0.3, 0.4) is 0 Å². The minimum Gasteiger partial charge on any atom is -0.359 e. The van der Waals surface area contributed by atoms with E-state index >= 15 is 0 Å². The number of thioether (sulfide) groups is 1. The first-order valence-corrected chi connectivity index (χ1v) is 10.3. The molecule has 7 heteroatoms. The summed E-state index contributed by atoms with van der Waals surface area (Å²) in [4.78, 5) is 7.28. The first-order valence-electron chi connectivity index (χ1n) is 9.36. The smallest absolute Gasteiger partial charge is 0.194 e. The average Bonchev–Trinajstić information content (AvgIpc) is 3.07. The van der Waals surface area contributed by atoms with Gasteiger partial charge in [-0.3, -0.25) is 0 Å². The molecule has 1 saturated carbocycles. The van der Waals surface area contributed by atoms with Crippen molar-refractivity contribution in [3.63, 3.8) is 0 Å². The van der Waals surface area contributed by atoms with Crippen LogP contribution in [-0.4, -0.2) is 46.2 Å². The molecule has 0 radical (unpaired) electrons. The van der Waals surface area contributed by atoms with Crippen molar-refractivity contribution in [1.82, 2.24) is 15.4 Å². The zero-order valence-electron chi connectivity index (χ0n) is 15.4. The standard InChI is InChI=1S/C18H30N4OS.HI/c1-3-15-12-16(23-21-15)13-20-17(19-4-2)22-10-11-24-18(14-22)8-6-5-7-9-18;/h12H,3-11,13-14H2,1-2H3,(H,19,20);1H. The molecule has 5 nitrogen and oxygen atoms in total. The maximum Gasteiger partial charge on any atom is 0.194 e.